The molecular weight excluding hydrogens is 292 g/mol. The van der Waals surface area contributed by atoms with Crippen LogP contribution >= 0.6 is 0 Å². The zero-order chi connectivity index (χ0) is 15.5. The zero-order valence-corrected chi connectivity index (χ0v) is 13.1. The van der Waals surface area contributed by atoms with Crippen LogP contribution in [0.2, 0.25) is 0 Å². The molecule has 0 unspecified atom stereocenters. The van der Waals surface area contributed by atoms with E-state index in [1.807, 2.05) is 6.92 Å². The number of carbonyl (C=O) groups excluding carboxylic acids is 1. The first-order valence-electron chi connectivity index (χ1n) is 6.93. The summed E-state index contributed by atoms with van der Waals surface area (Å²) in [6, 6.07) is 6.58. The molecule has 116 valence electrons. The molecule has 1 aliphatic rings. The van der Waals surface area contributed by atoms with E-state index in [4.69, 9.17) is 4.18 Å². The molecule has 1 saturated carbocycles. The second-order valence-corrected chi connectivity index (χ2v) is 7.15. The number of rotatable bonds is 6. The smallest absolute Gasteiger partial charge is 0.305 e. The molecule has 0 aliphatic heterocycles. The Kier molecular flexibility index (Phi) is 5.00. The highest BCUT2D eigenvalue weighted by molar-refractivity contribution is 7.86. The van der Waals surface area contributed by atoms with Gasteiger partial charge in [0.2, 0.25) is 0 Å². The lowest BCUT2D eigenvalue weighted by atomic mass is 9.74. The topological polar surface area (TPSA) is 69.7 Å². The molecule has 21 heavy (non-hydrogen) atoms. The Morgan fingerprint density at radius 3 is 2.38 bits per heavy atom. The molecule has 0 bridgehead atoms. The number of ether oxygens (including phenoxy) is 1. The lowest BCUT2D eigenvalue weighted by Crippen LogP contribution is -2.30. The van der Waals surface area contributed by atoms with Gasteiger partial charge in [-0.3, -0.25) is 8.98 Å². The number of benzene rings is 1. The standard InChI is InChI=1S/C15H20O5S/c1-11-3-5-14(6-4-11)21(17,18)20-10-13-7-12(8-13)9-15(16)19-2/h3-6,12-13H,7-10H2,1-2H3. The van der Waals surface area contributed by atoms with Crippen molar-refractivity contribution in [1.29, 1.82) is 0 Å². The molecule has 5 nitrogen and oxygen atoms in total. The number of aryl methyl sites for hydroxylation is 1. The van der Waals surface area contributed by atoms with Gasteiger partial charge in [-0.2, -0.15) is 8.42 Å². The Morgan fingerprint density at radius 1 is 1.19 bits per heavy atom. The number of methoxy groups -OCH3 is 1. The van der Waals surface area contributed by atoms with Gasteiger partial charge in [0.05, 0.1) is 18.6 Å². The van der Waals surface area contributed by atoms with Gasteiger partial charge in [0.25, 0.3) is 10.1 Å². The van der Waals surface area contributed by atoms with Gasteiger partial charge in [-0.1, -0.05) is 17.7 Å². The molecule has 0 saturated heterocycles. The highest BCUT2D eigenvalue weighted by atomic mass is 32.2. The number of hydrogen-bond acceptors (Lipinski definition) is 5. The second-order valence-electron chi connectivity index (χ2n) is 5.54. The predicted octanol–water partition coefficient (Wildman–Crippen LogP) is 2.29. The Hall–Kier alpha value is -1.40. The van der Waals surface area contributed by atoms with Crippen LogP contribution < -0.4 is 0 Å². The van der Waals surface area contributed by atoms with E-state index in [0.29, 0.717) is 6.42 Å². The van der Waals surface area contributed by atoms with Gasteiger partial charge >= 0.3 is 5.97 Å². The van der Waals surface area contributed by atoms with Crippen LogP contribution in [0.5, 0.6) is 0 Å². The Labute approximate surface area is 125 Å². The van der Waals surface area contributed by atoms with Crippen molar-refractivity contribution in [2.75, 3.05) is 13.7 Å². The maximum Gasteiger partial charge on any atom is 0.305 e. The Morgan fingerprint density at radius 2 is 1.81 bits per heavy atom. The summed E-state index contributed by atoms with van der Waals surface area (Å²) in [4.78, 5) is 11.3. The van der Waals surface area contributed by atoms with Crippen LogP contribution in [-0.2, 0) is 23.8 Å². The van der Waals surface area contributed by atoms with Crippen molar-refractivity contribution in [3.05, 3.63) is 29.8 Å². The van der Waals surface area contributed by atoms with Gasteiger partial charge < -0.3 is 4.74 Å². The average Bonchev–Trinajstić information content (AvgIpc) is 2.41. The van der Waals surface area contributed by atoms with E-state index in [1.54, 1.807) is 24.3 Å². The fraction of sp³-hybridized carbons (Fsp3) is 0.533. The third-order valence-electron chi connectivity index (χ3n) is 3.78. The first-order valence-corrected chi connectivity index (χ1v) is 8.34. The number of esters is 1. The molecule has 0 amide bonds. The SMILES string of the molecule is COC(=O)CC1CC(COS(=O)(=O)c2ccc(C)cc2)C1. The molecule has 0 N–H and O–H groups in total. The molecule has 1 fully saturated rings. The third kappa shape index (κ3) is 4.28. The van der Waals surface area contributed by atoms with Gasteiger partial charge in [-0.25, -0.2) is 0 Å². The first kappa shape index (κ1) is 16.0. The minimum atomic E-state index is -3.69. The van der Waals surface area contributed by atoms with Crippen molar-refractivity contribution in [1.82, 2.24) is 0 Å². The minimum absolute atomic E-state index is 0.174. The van der Waals surface area contributed by atoms with Gasteiger partial charge in [0.1, 0.15) is 0 Å². The van der Waals surface area contributed by atoms with Crippen LogP contribution in [0.25, 0.3) is 0 Å². The fourth-order valence-corrected chi connectivity index (χ4v) is 3.43. The molecule has 0 radical (unpaired) electrons. The highest BCUT2D eigenvalue weighted by Crippen LogP contribution is 2.36. The average molecular weight is 312 g/mol. The van der Waals surface area contributed by atoms with E-state index >= 15 is 0 Å². The molecule has 2 rings (SSSR count). The van der Waals surface area contributed by atoms with E-state index in [2.05, 4.69) is 4.74 Å². The van der Waals surface area contributed by atoms with Crippen molar-refractivity contribution in [2.45, 2.75) is 31.1 Å². The fourth-order valence-electron chi connectivity index (χ4n) is 2.45. The van der Waals surface area contributed by atoms with E-state index < -0.39 is 10.1 Å². The quantitative estimate of drug-likeness (QED) is 0.595. The minimum Gasteiger partial charge on any atom is -0.469 e. The summed E-state index contributed by atoms with van der Waals surface area (Å²) in [6.45, 7) is 2.07. The second kappa shape index (κ2) is 6.58. The summed E-state index contributed by atoms with van der Waals surface area (Å²) in [7, 11) is -2.31. The predicted molar refractivity (Wildman–Crippen MR) is 77.2 cm³/mol. The monoisotopic (exact) mass is 312 g/mol. The van der Waals surface area contributed by atoms with Crippen molar-refractivity contribution in [2.24, 2.45) is 11.8 Å². The van der Waals surface area contributed by atoms with Crippen molar-refractivity contribution < 1.29 is 22.1 Å². The summed E-state index contributed by atoms with van der Waals surface area (Å²) < 4.78 is 33.7. The third-order valence-corrected chi connectivity index (χ3v) is 5.08. The van der Waals surface area contributed by atoms with Crippen LogP contribution in [0.4, 0.5) is 0 Å². The van der Waals surface area contributed by atoms with E-state index in [1.165, 1.54) is 7.11 Å². The Balaban J connectivity index is 1.79. The molecule has 6 heteroatoms. The number of hydrogen-bond donors (Lipinski definition) is 0. The van der Waals surface area contributed by atoms with Crippen LogP contribution in [0.1, 0.15) is 24.8 Å². The normalized spacial score (nSPS) is 21.6. The highest BCUT2D eigenvalue weighted by Gasteiger charge is 2.32. The summed E-state index contributed by atoms with van der Waals surface area (Å²) in [5.41, 5.74) is 0.999. The summed E-state index contributed by atoms with van der Waals surface area (Å²) in [6.07, 6.45) is 2.01. The van der Waals surface area contributed by atoms with Gasteiger partial charge in [-0.05, 0) is 43.7 Å². The summed E-state index contributed by atoms with van der Waals surface area (Å²) in [5, 5.41) is 0. The summed E-state index contributed by atoms with van der Waals surface area (Å²) in [5.74, 6) is 0.264. The van der Waals surface area contributed by atoms with Crippen LogP contribution in [0, 0.1) is 18.8 Å². The van der Waals surface area contributed by atoms with Crippen LogP contribution in [0.3, 0.4) is 0 Å². The van der Waals surface area contributed by atoms with E-state index in [0.717, 1.165) is 18.4 Å². The van der Waals surface area contributed by atoms with Gasteiger partial charge in [0.15, 0.2) is 0 Å². The van der Waals surface area contributed by atoms with E-state index in [9.17, 15) is 13.2 Å². The summed E-state index contributed by atoms with van der Waals surface area (Å²) >= 11 is 0. The molecule has 0 atom stereocenters. The van der Waals surface area contributed by atoms with Crippen molar-refractivity contribution >= 4 is 16.1 Å². The molecule has 0 aromatic heterocycles. The van der Waals surface area contributed by atoms with Gasteiger partial charge in [0, 0.05) is 6.42 Å². The zero-order valence-electron chi connectivity index (χ0n) is 12.2. The van der Waals surface area contributed by atoms with Crippen molar-refractivity contribution in [3.63, 3.8) is 0 Å². The van der Waals surface area contributed by atoms with Crippen LogP contribution in [0.15, 0.2) is 29.2 Å². The molecule has 0 spiro atoms. The van der Waals surface area contributed by atoms with Crippen LogP contribution in [-0.4, -0.2) is 28.1 Å². The molecule has 1 aliphatic carbocycles. The molecule has 1 aromatic carbocycles. The molecule has 1 aromatic rings. The lowest BCUT2D eigenvalue weighted by molar-refractivity contribution is -0.143. The maximum atomic E-state index is 12.0. The Bertz CT molecular complexity index is 585. The molecular formula is C15H20O5S. The lowest BCUT2D eigenvalue weighted by Gasteiger charge is -2.34. The van der Waals surface area contributed by atoms with Gasteiger partial charge in [-0.15, -0.1) is 0 Å². The van der Waals surface area contributed by atoms with E-state index in [-0.39, 0.29) is 29.3 Å². The number of carbonyl (C=O) groups is 1. The largest absolute Gasteiger partial charge is 0.469 e. The first-order chi connectivity index (χ1) is 9.90. The maximum absolute atomic E-state index is 12.0. The molecule has 0 heterocycles. The van der Waals surface area contributed by atoms with Crippen molar-refractivity contribution in [3.8, 4) is 0 Å².